The minimum absolute atomic E-state index is 0.203. The molecule has 4 heteroatoms. The Kier molecular flexibility index (Phi) is 5.48. The molecule has 0 bridgehead atoms. The second-order valence-electron chi connectivity index (χ2n) is 5.90. The number of ether oxygens (including phenoxy) is 2. The van der Waals surface area contributed by atoms with Crippen molar-refractivity contribution in [3.8, 4) is 11.5 Å². The molecule has 1 aromatic rings. The summed E-state index contributed by atoms with van der Waals surface area (Å²) in [6, 6.07) is 6.08. The van der Waals surface area contributed by atoms with Crippen LogP contribution in [-0.4, -0.2) is 31.0 Å². The highest BCUT2D eigenvalue weighted by molar-refractivity contribution is 5.42. The van der Waals surface area contributed by atoms with Gasteiger partial charge in [-0.05, 0) is 32.4 Å². The molecule has 1 atom stereocenters. The first-order chi connectivity index (χ1) is 10.1. The minimum Gasteiger partial charge on any atom is -0.497 e. The van der Waals surface area contributed by atoms with Crippen LogP contribution in [-0.2, 0) is 0 Å². The predicted octanol–water partition coefficient (Wildman–Crippen LogP) is 3.05. The Morgan fingerprint density at radius 3 is 2.67 bits per heavy atom. The fourth-order valence-electron chi connectivity index (χ4n) is 2.93. The molecule has 1 aliphatic carbocycles. The second-order valence-corrected chi connectivity index (χ2v) is 5.90. The Hall–Kier alpha value is -1.26. The molecular formula is C17H27NO3. The summed E-state index contributed by atoms with van der Waals surface area (Å²) in [7, 11) is 1.65. The number of methoxy groups -OCH3 is 1. The van der Waals surface area contributed by atoms with Gasteiger partial charge in [-0.25, -0.2) is 0 Å². The largest absolute Gasteiger partial charge is 0.497 e. The third-order valence-electron chi connectivity index (χ3n) is 4.23. The van der Waals surface area contributed by atoms with Crippen molar-refractivity contribution in [1.29, 1.82) is 0 Å². The number of aliphatic hydroxyl groups is 1. The van der Waals surface area contributed by atoms with Gasteiger partial charge in [0.1, 0.15) is 18.1 Å². The summed E-state index contributed by atoms with van der Waals surface area (Å²) in [5.41, 5.74) is 0.432. The first-order valence-electron chi connectivity index (χ1n) is 7.84. The molecule has 0 heterocycles. The van der Waals surface area contributed by atoms with E-state index in [1.54, 1.807) is 7.11 Å². The third-order valence-corrected chi connectivity index (χ3v) is 4.23. The first-order valence-corrected chi connectivity index (χ1v) is 7.84. The van der Waals surface area contributed by atoms with Crippen LogP contribution in [0, 0.1) is 0 Å². The molecule has 0 radical (unpaired) electrons. The third kappa shape index (κ3) is 4.11. The maximum Gasteiger partial charge on any atom is 0.127 e. The molecular weight excluding hydrogens is 266 g/mol. The lowest BCUT2D eigenvalue weighted by Gasteiger charge is -2.25. The molecule has 0 aromatic heterocycles. The maximum absolute atomic E-state index is 10.4. The lowest BCUT2D eigenvalue weighted by atomic mass is 10.0. The quantitative estimate of drug-likeness (QED) is 0.811. The van der Waals surface area contributed by atoms with E-state index in [9.17, 15) is 5.11 Å². The fraction of sp³-hybridized carbons (Fsp3) is 0.647. The molecule has 2 N–H and O–H groups in total. The van der Waals surface area contributed by atoms with E-state index in [0.29, 0.717) is 6.61 Å². The average Bonchev–Trinajstić information content (AvgIpc) is 2.92. The van der Waals surface area contributed by atoms with Crippen molar-refractivity contribution < 1.29 is 14.6 Å². The van der Waals surface area contributed by atoms with Crippen LogP contribution in [0.2, 0.25) is 0 Å². The molecule has 1 fully saturated rings. The predicted molar refractivity (Wildman–Crippen MR) is 84.0 cm³/mol. The molecule has 0 amide bonds. The number of hydrogen-bond acceptors (Lipinski definition) is 4. The van der Waals surface area contributed by atoms with E-state index >= 15 is 0 Å². The summed E-state index contributed by atoms with van der Waals surface area (Å²) in [5, 5.41) is 13.8. The molecule has 21 heavy (non-hydrogen) atoms. The van der Waals surface area contributed by atoms with Crippen molar-refractivity contribution in [3.05, 3.63) is 23.8 Å². The van der Waals surface area contributed by atoms with Gasteiger partial charge in [-0.15, -0.1) is 0 Å². The van der Waals surface area contributed by atoms with Crippen LogP contribution >= 0.6 is 0 Å². The zero-order valence-corrected chi connectivity index (χ0v) is 13.3. The van der Waals surface area contributed by atoms with Gasteiger partial charge in [-0.1, -0.05) is 25.8 Å². The van der Waals surface area contributed by atoms with Crippen LogP contribution in [0.5, 0.6) is 11.5 Å². The molecule has 0 saturated heterocycles. The zero-order chi connectivity index (χ0) is 15.3. The van der Waals surface area contributed by atoms with Crippen molar-refractivity contribution in [2.45, 2.75) is 51.2 Å². The molecule has 4 nitrogen and oxygen atoms in total. The highest BCUT2D eigenvalue weighted by atomic mass is 16.5. The first kappa shape index (κ1) is 16.1. The summed E-state index contributed by atoms with van der Waals surface area (Å²) in [6.45, 7) is 5.45. The number of hydrogen-bond donors (Lipinski definition) is 2. The van der Waals surface area contributed by atoms with Crippen LogP contribution in [0.1, 0.15) is 51.1 Å². The summed E-state index contributed by atoms with van der Waals surface area (Å²) in [4.78, 5) is 0. The molecule has 0 aliphatic heterocycles. The van der Waals surface area contributed by atoms with Gasteiger partial charge in [-0.2, -0.15) is 0 Å². The smallest absolute Gasteiger partial charge is 0.127 e. The topological polar surface area (TPSA) is 50.7 Å². The molecule has 1 aromatic carbocycles. The van der Waals surface area contributed by atoms with E-state index in [0.717, 1.165) is 49.3 Å². The average molecular weight is 293 g/mol. The van der Waals surface area contributed by atoms with Gasteiger partial charge in [0.25, 0.3) is 0 Å². The lowest BCUT2D eigenvalue weighted by Crippen LogP contribution is -2.32. The van der Waals surface area contributed by atoms with Crippen molar-refractivity contribution in [3.63, 3.8) is 0 Å². The van der Waals surface area contributed by atoms with Crippen LogP contribution in [0.4, 0.5) is 0 Å². The molecule has 118 valence electrons. The number of benzene rings is 1. The van der Waals surface area contributed by atoms with Crippen LogP contribution < -0.4 is 14.8 Å². The van der Waals surface area contributed by atoms with Gasteiger partial charge in [0.15, 0.2) is 0 Å². The van der Waals surface area contributed by atoms with E-state index in [1.165, 1.54) is 0 Å². The van der Waals surface area contributed by atoms with Gasteiger partial charge in [0.05, 0.1) is 12.7 Å². The molecule has 1 unspecified atom stereocenters. The fourth-order valence-corrected chi connectivity index (χ4v) is 2.93. The standard InChI is InChI=1S/C17H27NO3/c1-4-18-13(2)15-8-7-14(20-3)11-16(15)21-12-17(19)9-5-6-10-17/h7-8,11,13,18-19H,4-6,9-10,12H2,1-3H3. The lowest BCUT2D eigenvalue weighted by molar-refractivity contribution is 0.000949. The number of rotatable bonds is 7. The van der Waals surface area contributed by atoms with Crippen LogP contribution in [0.15, 0.2) is 18.2 Å². The van der Waals surface area contributed by atoms with Crippen molar-refractivity contribution >= 4 is 0 Å². The Labute approximate surface area is 127 Å². The van der Waals surface area contributed by atoms with Gasteiger partial charge in [-0.3, -0.25) is 0 Å². The Morgan fingerprint density at radius 1 is 1.33 bits per heavy atom. The summed E-state index contributed by atoms with van der Waals surface area (Å²) in [6.07, 6.45) is 3.82. The summed E-state index contributed by atoms with van der Waals surface area (Å²) >= 11 is 0. The Balaban J connectivity index is 2.14. The van der Waals surface area contributed by atoms with Crippen molar-refractivity contribution in [2.75, 3.05) is 20.3 Å². The maximum atomic E-state index is 10.4. The zero-order valence-electron chi connectivity index (χ0n) is 13.3. The molecule has 1 saturated carbocycles. The van der Waals surface area contributed by atoms with E-state index < -0.39 is 5.60 Å². The Morgan fingerprint density at radius 2 is 2.05 bits per heavy atom. The summed E-state index contributed by atoms with van der Waals surface area (Å²) in [5.74, 6) is 1.57. The van der Waals surface area contributed by atoms with Crippen molar-refractivity contribution in [2.24, 2.45) is 0 Å². The van der Waals surface area contributed by atoms with Crippen LogP contribution in [0.25, 0.3) is 0 Å². The van der Waals surface area contributed by atoms with Gasteiger partial charge >= 0.3 is 0 Å². The molecule has 1 aliphatic rings. The SMILES string of the molecule is CCNC(C)c1ccc(OC)cc1OCC1(O)CCCC1. The van der Waals surface area contributed by atoms with Gasteiger partial charge in [0, 0.05) is 17.7 Å². The monoisotopic (exact) mass is 293 g/mol. The highest BCUT2D eigenvalue weighted by Crippen LogP contribution is 2.33. The van der Waals surface area contributed by atoms with Gasteiger partial charge in [0.2, 0.25) is 0 Å². The number of nitrogens with one attached hydrogen (secondary N) is 1. The second kappa shape index (κ2) is 7.14. The van der Waals surface area contributed by atoms with Gasteiger partial charge < -0.3 is 19.9 Å². The van der Waals surface area contributed by atoms with Crippen molar-refractivity contribution in [1.82, 2.24) is 5.32 Å². The highest BCUT2D eigenvalue weighted by Gasteiger charge is 2.32. The molecule has 2 rings (SSSR count). The Bertz CT molecular complexity index is 455. The molecule has 0 spiro atoms. The van der Waals surface area contributed by atoms with E-state index in [2.05, 4.69) is 19.2 Å². The minimum atomic E-state index is -0.665. The van der Waals surface area contributed by atoms with E-state index in [-0.39, 0.29) is 6.04 Å². The summed E-state index contributed by atoms with van der Waals surface area (Å²) < 4.78 is 11.2. The van der Waals surface area contributed by atoms with Crippen LogP contribution in [0.3, 0.4) is 0 Å². The van der Waals surface area contributed by atoms with E-state index in [4.69, 9.17) is 9.47 Å². The van der Waals surface area contributed by atoms with E-state index in [1.807, 2.05) is 18.2 Å². The normalized spacial score (nSPS) is 18.5.